The van der Waals surface area contributed by atoms with E-state index in [0.717, 1.165) is 12.2 Å². The van der Waals surface area contributed by atoms with Gasteiger partial charge in [0.05, 0.1) is 11.6 Å². The molecule has 0 unspecified atom stereocenters. The maximum atomic E-state index is 8.74. The first-order valence-corrected chi connectivity index (χ1v) is 6.50. The Kier molecular flexibility index (Phi) is 7.68. The van der Waals surface area contributed by atoms with Crippen molar-refractivity contribution in [2.45, 2.75) is 6.54 Å². The number of rotatable bonds is 3. The van der Waals surface area contributed by atoms with Crippen molar-refractivity contribution in [3.05, 3.63) is 90.0 Å². The molecule has 3 aromatic carbocycles. The summed E-state index contributed by atoms with van der Waals surface area (Å²) in [6.45, 7) is 0.794. The maximum absolute atomic E-state index is 8.74. The van der Waals surface area contributed by atoms with E-state index in [9.17, 15) is 0 Å². The largest absolute Gasteiger partial charge is 2.00 e. The van der Waals surface area contributed by atoms with Crippen molar-refractivity contribution in [1.29, 1.82) is 5.26 Å². The predicted octanol–water partition coefficient (Wildman–Crippen LogP) is 4.29. The van der Waals surface area contributed by atoms with Crippen LogP contribution < -0.4 is 5.32 Å². The Morgan fingerprint density at radius 1 is 1.05 bits per heavy atom. The second kappa shape index (κ2) is 9.60. The van der Waals surface area contributed by atoms with E-state index in [1.165, 1.54) is 5.56 Å². The monoisotopic (exact) mass is 316 g/mol. The van der Waals surface area contributed by atoms with Crippen LogP contribution in [0.2, 0.25) is 0 Å². The van der Waals surface area contributed by atoms with Crippen LogP contribution in [0.3, 0.4) is 0 Å². The van der Waals surface area contributed by atoms with Gasteiger partial charge >= 0.3 is 17.1 Å². The summed E-state index contributed by atoms with van der Waals surface area (Å²) in [5.41, 5.74) is 2.91. The van der Waals surface area contributed by atoms with Crippen LogP contribution in [0.5, 0.6) is 0 Å². The molecular formula is C18H16FeN2. The van der Waals surface area contributed by atoms with Gasteiger partial charge in [-0.05, 0) is 24.7 Å². The third-order valence-electron chi connectivity index (χ3n) is 2.78. The van der Waals surface area contributed by atoms with Crippen molar-refractivity contribution >= 4 is 5.69 Å². The van der Waals surface area contributed by atoms with Crippen LogP contribution in [0, 0.1) is 11.3 Å². The summed E-state index contributed by atoms with van der Waals surface area (Å²) in [5, 5.41) is 12.0. The van der Waals surface area contributed by atoms with Gasteiger partial charge in [0.15, 0.2) is 0 Å². The smallest absolute Gasteiger partial charge is 0.392 e. The summed E-state index contributed by atoms with van der Waals surface area (Å²) in [7, 11) is 0. The summed E-state index contributed by atoms with van der Waals surface area (Å²) >= 11 is 0. The molecule has 0 spiro atoms. The van der Waals surface area contributed by atoms with Crippen LogP contribution in [-0.4, -0.2) is 0 Å². The predicted molar refractivity (Wildman–Crippen MR) is 82.6 cm³/mol. The Bertz CT molecular complexity index is 617. The first-order valence-electron chi connectivity index (χ1n) is 6.50. The molecule has 0 aliphatic rings. The number of hydrogen-bond donors (Lipinski definition) is 1. The fraction of sp³-hybridized carbons (Fsp3) is 0.0556. The summed E-state index contributed by atoms with van der Waals surface area (Å²) in [6, 6.07) is 27.8. The minimum Gasteiger partial charge on any atom is -0.392 e. The minimum absolute atomic E-state index is 0. The summed E-state index contributed by atoms with van der Waals surface area (Å²) < 4.78 is 0. The van der Waals surface area contributed by atoms with Gasteiger partial charge < -0.3 is 5.32 Å². The standard InChI is InChI=1S/C13H11N2.C5H5.Fe/c14-9-12-6-3-7-13(8-12)15-10-11-4-1-2-5-11;1-2-4-5-3-1;/h1-8,15H,10H2;1-5H;/q2*-1;+2. The Morgan fingerprint density at radius 3 is 2.33 bits per heavy atom. The van der Waals surface area contributed by atoms with E-state index in [0.29, 0.717) is 5.56 Å². The van der Waals surface area contributed by atoms with Crippen molar-refractivity contribution in [3.63, 3.8) is 0 Å². The van der Waals surface area contributed by atoms with Gasteiger partial charge in [-0.2, -0.15) is 35.6 Å². The molecule has 0 bridgehead atoms. The van der Waals surface area contributed by atoms with Crippen LogP contribution in [0.1, 0.15) is 11.1 Å². The summed E-state index contributed by atoms with van der Waals surface area (Å²) in [5.74, 6) is 0. The third kappa shape index (κ3) is 6.14. The number of benzene rings is 1. The zero-order valence-corrected chi connectivity index (χ0v) is 12.6. The molecule has 0 atom stereocenters. The molecule has 21 heavy (non-hydrogen) atoms. The molecule has 0 radical (unpaired) electrons. The quantitative estimate of drug-likeness (QED) is 0.578. The molecule has 2 nitrogen and oxygen atoms in total. The second-order valence-corrected chi connectivity index (χ2v) is 4.30. The fourth-order valence-corrected chi connectivity index (χ4v) is 1.76. The Labute approximate surface area is 136 Å². The summed E-state index contributed by atoms with van der Waals surface area (Å²) in [4.78, 5) is 0. The van der Waals surface area contributed by atoms with Crippen LogP contribution in [-0.2, 0) is 23.6 Å². The average molecular weight is 316 g/mol. The van der Waals surface area contributed by atoms with E-state index < -0.39 is 0 Å². The van der Waals surface area contributed by atoms with E-state index >= 15 is 0 Å². The van der Waals surface area contributed by atoms with E-state index in [4.69, 9.17) is 5.26 Å². The molecular weight excluding hydrogens is 300 g/mol. The van der Waals surface area contributed by atoms with Gasteiger partial charge in [-0.1, -0.05) is 6.07 Å². The average Bonchev–Trinajstić information content (AvgIpc) is 3.21. The number of nitrogens with one attached hydrogen (secondary N) is 1. The molecule has 1 N–H and O–H groups in total. The van der Waals surface area contributed by atoms with Crippen molar-refractivity contribution in [2.24, 2.45) is 0 Å². The molecule has 3 rings (SSSR count). The number of anilines is 1. The number of nitriles is 1. The number of hydrogen-bond acceptors (Lipinski definition) is 2. The van der Waals surface area contributed by atoms with E-state index in [2.05, 4.69) is 23.5 Å². The van der Waals surface area contributed by atoms with Crippen LogP contribution in [0.25, 0.3) is 0 Å². The molecule has 0 aromatic heterocycles. The van der Waals surface area contributed by atoms with Crippen molar-refractivity contribution in [2.75, 3.05) is 5.32 Å². The van der Waals surface area contributed by atoms with E-state index in [-0.39, 0.29) is 17.1 Å². The zero-order chi connectivity index (χ0) is 14.0. The molecule has 0 saturated carbocycles. The Morgan fingerprint density at radius 2 is 1.76 bits per heavy atom. The molecule has 3 heteroatoms. The van der Waals surface area contributed by atoms with Gasteiger partial charge in [0.25, 0.3) is 0 Å². The molecule has 106 valence electrons. The molecule has 0 fully saturated rings. The molecule has 0 amide bonds. The molecule has 3 aromatic rings. The molecule has 0 heterocycles. The van der Waals surface area contributed by atoms with Gasteiger partial charge in [-0.25, -0.2) is 24.3 Å². The van der Waals surface area contributed by atoms with Gasteiger partial charge in [0, 0.05) is 5.69 Å². The van der Waals surface area contributed by atoms with Crippen molar-refractivity contribution < 1.29 is 17.1 Å². The van der Waals surface area contributed by atoms with Gasteiger partial charge in [0.1, 0.15) is 0 Å². The van der Waals surface area contributed by atoms with Gasteiger partial charge in [-0.15, -0.1) is 5.56 Å². The maximum Gasteiger partial charge on any atom is 2.00 e. The second-order valence-electron chi connectivity index (χ2n) is 4.30. The molecule has 0 aliphatic heterocycles. The summed E-state index contributed by atoms with van der Waals surface area (Å²) in [6.07, 6.45) is 0. The number of nitrogens with zero attached hydrogens (tertiary/aromatic N) is 1. The van der Waals surface area contributed by atoms with E-state index in [1.54, 1.807) is 6.07 Å². The van der Waals surface area contributed by atoms with Crippen LogP contribution in [0.15, 0.2) is 78.9 Å². The SMILES string of the molecule is N#Cc1cccc(NC[c-]2cccc2)c1.[Fe+2].c1cc[cH-]c1. The Balaban J connectivity index is 0.000000313. The Hall–Kier alpha value is -2.27. The molecule has 0 saturated heterocycles. The minimum atomic E-state index is 0. The van der Waals surface area contributed by atoms with Gasteiger partial charge in [0.2, 0.25) is 0 Å². The first kappa shape index (κ1) is 16.8. The van der Waals surface area contributed by atoms with Crippen LogP contribution >= 0.6 is 0 Å². The fourth-order valence-electron chi connectivity index (χ4n) is 1.76. The zero-order valence-electron chi connectivity index (χ0n) is 11.5. The molecule has 0 aliphatic carbocycles. The van der Waals surface area contributed by atoms with Crippen LogP contribution in [0.4, 0.5) is 5.69 Å². The topological polar surface area (TPSA) is 35.8 Å². The van der Waals surface area contributed by atoms with E-state index in [1.807, 2.05) is 60.7 Å². The first-order chi connectivity index (χ1) is 9.88. The van der Waals surface area contributed by atoms with Crippen molar-refractivity contribution in [3.8, 4) is 6.07 Å². The third-order valence-corrected chi connectivity index (χ3v) is 2.78. The van der Waals surface area contributed by atoms with Crippen molar-refractivity contribution in [1.82, 2.24) is 0 Å². The normalized spacial score (nSPS) is 8.71. The van der Waals surface area contributed by atoms with Gasteiger partial charge in [-0.3, -0.25) is 0 Å².